The fourth-order valence-electron chi connectivity index (χ4n) is 1.27. The second kappa shape index (κ2) is 3.49. The van der Waals surface area contributed by atoms with Gasteiger partial charge in [0.1, 0.15) is 5.75 Å². The van der Waals surface area contributed by atoms with E-state index in [-0.39, 0.29) is 11.9 Å². The van der Waals surface area contributed by atoms with E-state index in [0.29, 0.717) is 0 Å². The van der Waals surface area contributed by atoms with Gasteiger partial charge in [0.15, 0.2) is 0 Å². The highest BCUT2D eigenvalue weighted by Crippen LogP contribution is 2.18. The average molecular weight is 205 g/mol. The molecule has 1 aromatic heterocycles. The van der Waals surface area contributed by atoms with Crippen molar-refractivity contribution in [2.75, 3.05) is 18.6 Å². The fourth-order valence-corrected chi connectivity index (χ4v) is 1.27. The number of benzene rings is 1. The van der Waals surface area contributed by atoms with E-state index in [9.17, 15) is 0 Å². The van der Waals surface area contributed by atoms with Crippen LogP contribution in [0.5, 0.6) is 5.75 Å². The Balaban J connectivity index is 2.49. The number of nitrogens with zero attached hydrogens (tertiary/aromatic N) is 3. The maximum absolute atomic E-state index is 5.63. The number of hydrogen-bond acceptors (Lipinski definition) is 5. The molecule has 0 radical (unpaired) electrons. The Bertz CT molecular complexity index is 479. The first kappa shape index (κ1) is 9.32. The Kier molecular flexibility index (Phi) is 2.17. The van der Waals surface area contributed by atoms with Crippen molar-refractivity contribution < 1.29 is 4.74 Å². The molecule has 0 saturated heterocycles. The molecular weight excluding hydrogens is 194 g/mol. The zero-order chi connectivity index (χ0) is 10.8. The number of methoxy groups -OCH3 is 1. The van der Waals surface area contributed by atoms with Crippen molar-refractivity contribution in [2.24, 2.45) is 0 Å². The summed E-state index contributed by atoms with van der Waals surface area (Å²) in [6, 6.07) is 7.31. The molecule has 1 aromatic carbocycles. The lowest BCUT2D eigenvalue weighted by Gasteiger charge is -2.04. The lowest BCUT2D eigenvalue weighted by molar-refractivity contribution is 0.414. The Morgan fingerprint density at radius 1 is 1.33 bits per heavy atom. The maximum atomic E-state index is 5.63. The van der Waals surface area contributed by atoms with Gasteiger partial charge in [-0.25, -0.2) is 0 Å². The maximum Gasteiger partial charge on any atom is 0.241 e. The van der Waals surface area contributed by atoms with E-state index in [4.69, 9.17) is 16.2 Å². The van der Waals surface area contributed by atoms with Gasteiger partial charge in [0, 0.05) is 6.07 Å². The molecule has 0 saturated carbocycles. The van der Waals surface area contributed by atoms with Crippen molar-refractivity contribution in [3.63, 3.8) is 0 Å². The van der Waals surface area contributed by atoms with E-state index in [1.165, 1.54) is 4.68 Å². The second-order valence-electron chi connectivity index (χ2n) is 2.94. The van der Waals surface area contributed by atoms with E-state index >= 15 is 0 Å². The van der Waals surface area contributed by atoms with Crippen molar-refractivity contribution in [3.05, 3.63) is 24.3 Å². The normalized spacial score (nSPS) is 10.2. The molecule has 1 heterocycles. The summed E-state index contributed by atoms with van der Waals surface area (Å²) in [6.07, 6.45) is 0. The molecule has 2 rings (SSSR count). The van der Waals surface area contributed by atoms with Gasteiger partial charge in [0.05, 0.1) is 12.8 Å². The molecule has 0 atom stereocenters. The summed E-state index contributed by atoms with van der Waals surface area (Å²) in [6.45, 7) is 0. The third kappa shape index (κ3) is 1.69. The van der Waals surface area contributed by atoms with Crippen LogP contribution < -0.4 is 16.2 Å². The van der Waals surface area contributed by atoms with Crippen LogP contribution in [0.3, 0.4) is 0 Å². The fraction of sp³-hybridized carbons (Fsp3) is 0.111. The summed E-state index contributed by atoms with van der Waals surface area (Å²) in [5, 5.41) is 3.96. The second-order valence-corrected chi connectivity index (χ2v) is 2.94. The highest BCUT2D eigenvalue weighted by atomic mass is 16.5. The predicted octanol–water partition coefficient (Wildman–Crippen LogP) is 0.440. The number of aromatic nitrogens is 3. The van der Waals surface area contributed by atoms with E-state index in [2.05, 4.69) is 10.1 Å². The monoisotopic (exact) mass is 205 g/mol. The SMILES string of the molecule is COc1cccc(-n2nc(N)nc2N)c1. The van der Waals surface area contributed by atoms with Crippen LogP contribution in [0, 0.1) is 0 Å². The minimum Gasteiger partial charge on any atom is -0.497 e. The molecule has 78 valence electrons. The van der Waals surface area contributed by atoms with E-state index in [0.717, 1.165) is 11.4 Å². The number of hydrogen-bond donors (Lipinski definition) is 2. The first-order valence-corrected chi connectivity index (χ1v) is 4.33. The van der Waals surface area contributed by atoms with Crippen LogP contribution in [-0.2, 0) is 0 Å². The molecule has 0 bridgehead atoms. The Morgan fingerprint density at radius 2 is 2.13 bits per heavy atom. The molecule has 0 spiro atoms. The minimum atomic E-state index is 0.148. The van der Waals surface area contributed by atoms with Gasteiger partial charge < -0.3 is 16.2 Å². The number of nitrogen functional groups attached to an aromatic ring is 2. The van der Waals surface area contributed by atoms with Crippen LogP contribution in [0.1, 0.15) is 0 Å². The number of anilines is 2. The minimum absolute atomic E-state index is 0.148. The quantitative estimate of drug-likeness (QED) is 0.742. The summed E-state index contributed by atoms with van der Waals surface area (Å²) in [5.74, 6) is 1.12. The van der Waals surface area contributed by atoms with Crippen LogP contribution in [-0.4, -0.2) is 21.9 Å². The summed E-state index contributed by atoms with van der Waals surface area (Å²) in [5.41, 5.74) is 11.8. The third-order valence-corrected chi connectivity index (χ3v) is 1.95. The van der Waals surface area contributed by atoms with Gasteiger partial charge >= 0.3 is 0 Å². The lowest BCUT2D eigenvalue weighted by atomic mass is 10.3. The van der Waals surface area contributed by atoms with Crippen LogP contribution >= 0.6 is 0 Å². The zero-order valence-corrected chi connectivity index (χ0v) is 8.21. The van der Waals surface area contributed by atoms with Crippen molar-refractivity contribution >= 4 is 11.9 Å². The third-order valence-electron chi connectivity index (χ3n) is 1.95. The molecule has 15 heavy (non-hydrogen) atoms. The molecule has 0 aliphatic rings. The molecule has 6 nitrogen and oxygen atoms in total. The smallest absolute Gasteiger partial charge is 0.241 e. The van der Waals surface area contributed by atoms with E-state index < -0.39 is 0 Å². The van der Waals surface area contributed by atoms with Gasteiger partial charge in [0.2, 0.25) is 11.9 Å². The van der Waals surface area contributed by atoms with Crippen LogP contribution in [0.25, 0.3) is 5.69 Å². The van der Waals surface area contributed by atoms with Crippen LogP contribution in [0.15, 0.2) is 24.3 Å². The number of ether oxygens (including phenoxy) is 1. The van der Waals surface area contributed by atoms with Crippen LogP contribution in [0.4, 0.5) is 11.9 Å². The molecular formula is C9H11N5O. The van der Waals surface area contributed by atoms with E-state index in [1.807, 2.05) is 18.2 Å². The largest absolute Gasteiger partial charge is 0.497 e. The average Bonchev–Trinajstić information content (AvgIpc) is 2.58. The van der Waals surface area contributed by atoms with Gasteiger partial charge in [-0.2, -0.15) is 9.67 Å². The Hall–Kier alpha value is -2.24. The summed E-state index contributed by atoms with van der Waals surface area (Å²) in [7, 11) is 1.60. The molecule has 0 amide bonds. The summed E-state index contributed by atoms with van der Waals surface area (Å²) in [4.78, 5) is 3.81. The van der Waals surface area contributed by atoms with Gasteiger partial charge in [-0.3, -0.25) is 0 Å². The number of nitrogens with two attached hydrogens (primary N) is 2. The first-order chi connectivity index (χ1) is 7.20. The van der Waals surface area contributed by atoms with Gasteiger partial charge in [-0.1, -0.05) is 6.07 Å². The standard InChI is InChI=1S/C9H11N5O/c1-15-7-4-2-3-6(5-7)14-9(11)12-8(10)13-14/h2-5H,1H3,(H4,10,11,12,13). The molecule has 0 aliphatic heterocycles. The first-order valence-electron chi connectivity index (χ1n) is 4.33. The van der Waals surface area contributed by atoms with Crippen molar-refractivity contribution in [1.82, 2.24) is 14.8 Å². The summed E-state index contributed by atoms with van der Waals surface area (Å²) < 4.78 is 6.55. The summed E-state index contributed by atoms with van der Waals surface area (Å²) >= 11 is 0. The topological polar surface area (TPSA) is 92.0 Å². The Labute approximate surface area is 86.5 Å². The number of rotatable bonds is 2. The van der Waals surface area contributed by atoms with E-state index in [1.54, 1.807) is 13.2 Å². The van der Waals surface area contributed by atoms with Crippen molar-refractivity contribution in [1.29, 1.82) is 0 Å². The van der Waals surface area contributed by atoms with Gasteiger partial charge in [-0.05, 0) is 12.1 Å². The molecule has 2 aromatic rings. The predicted molar refractivity (Wildman–Crippen MR) is 56.7 cm³/mol. The van der Waals surface area contributed by atoms with Crippen molar-refractivity contribution in [3.8, 4) is 11.4 Å². The molecule has 6 heteroatoms. The van der Waals surface area contributed by atoms with Gasteiger partial charge in [-0.15, -0.1) is 5.10 Å². The highest BCUT2D eigenvalue weighted by molar-refractivity contribution is 5.44. The van der Waals surface area contributed by atoms with Crippen LogP contribution in [0.2, 0.25) is 0 Å². The van der Waals surface area contributed by atoms with Crippen molar-refractivity contribution in [2.45, 2.75) is 0 Å². The molecule has 0 fully saturated rings. The molecule has 0 aliphatic carbocycles. The molecule has 4 N–H and O–H groups in total. The Morgan fingerprint density at radius 3 is 2.73 bits per heavy atom. The highest BCUT2D eigenvalue weighted by Gasteiger charge is 2.06. The zero-order valence-electron chi connectivity index (χ0n) is 8.21. The lowest BCUT2D eigenvalue weighted by Crippen LogP contribution is -2.02. The van der Waals surface area contributed by atoms with Gasteiger partial charge in [0.25, 0.3) is 0 Å². The molecule has 0 unspecified atom stereocenters.